The van der Waals surface area contributed by atoms with Crippen molar-refractivity contribution in [1.29, 1.82) is 0 Å². The Bertz CT molecular complexity index is 474. The molecule has 0 radical (unpaired) electrons. The van der Waals surface area contributed by atoms with Crippen LogP contribution in [-0.2, 0) is 0 Å². The van der Waals surface area contributed by atoms with Crippen molar-refractivity contribution in [3.8, 4) is 0 Å². The molecule has 2 unspecified atom stereocenters. The lowest BCUT2D eigenvalue weighted by molar-refractivity contribution is 0.493. The summed E-state index contributed by atoms with van der Waals surface area (Å²) >= 11 is 0. The van der Waals surface area contributed by atoms with Gasteiger partial charge in [0.25, 0.3) is 0 Å². The summed E-state index contributed by atoms with van der Waals surface area (Å²) in [6, 6.07) is 9.56. The van der Waals surface area contributed by atoms with Gasteiger partial charge in [-0.15, -0.1) is 0 Å². The van der Waals surface area contributed by atoms with Crippen LogP contribution in [0, 0.1) is 0 Å². The topological polar surface area (TPSA) is 50.7 Å². The van der Waals surface area contributed by atoms with Gasteiger partial charge in [-0.1, -0.05) is 42.0 Å². The minimum absolute atomic E-state index is 0.125. The summed E-state index contributed by atoms with van der Waals surface area (Å²) in [6.07, 6.45) is 6.07. The summed E-state index contributed by atoms with van der Waals surface area (Å²) in [5.74, 6) is 0. The van der Waals surface area contributed by atoms with Crippen molar-refractivity contribution >= 4 is 5.69 Å². The molecule has 1 aliphatic rings. The van der Waals surface area contributed by atoms with Crippen LogP contribution in [0.4, 0.5) is 5.69 Å². The van der Waals surface area contributed by atoms with E-state index in [1.807, 2.05) is 62.4 Å². The van der Waals surface area contributed by atoms with Crippen molar-refractivity contribution in [3.63, 3.8) is 0 Å². The molecule has 1 aromatic rings. The highest BCUT2D eigenvalue weighted by Gasteiger charge is 2.29. The molecule has 0 spiro atoms. The van der Waals surface area contributed by atoms with Crippen LogP contribution in [0.5, 0.6) is 0 Å². The summed E-state index contributed by atoms with van der Waals surface area (Å²) in [5, 5.41) is 8.61. The van der Waals surface area contributed by atoms with E-state index in [-0.39, 0.29) is 6.04 Å². The quantitative estimate of drug-likeness (QED) is 0.774. The van der Waals surface area contributed by atoms with Crippen molar-refractivity contribution in [2.24, 2.45) is 16.0 Å². The fourth-order valence-electron chi connectivity index (χ4n) is 1.68. The highest BCUT2D eigenvalue weighted by molar-refractivity contribution is 5.36. The van der Waals surface area contributed by atoms with Crippen LogP contribution < -0.4 is 5.73 Å². The fourth-order valence-corrected chi connectivity index (χ4v) is 1.68. The first kappa shape index (κ1) is 11.7. The molecule has 88 valence electrons. The summed E-state index contributed by atoms with van der Waals surface area (Å²) in [4.78, 5) is 0. The molecule has 0 bridgehead atoms. The third-order valence-electron chi connectivity index (χ3n) is 2.94. The van der Waals surface area contributed by atoms with Crippen LogP contribution in [0.15, 0.2) is 64.4 Å². The molecule has 1 aliphatic carbocycles. The lowest BCUT2D eigenvalue weighted by Gasteiger charge is -2.28. The van der Waals surface area contributed by atoms with Crippen molar-refractivity contribution in [2.45, 2.75) is 25.4 Å². The van der Waals surface area contributed by atoms with Gasteiger partial charge in [-0.2, -0.15) is 10.2 Å². The Balaban J connectivity index is 2.19. The molecule has 0 amide bonds. The fraction of sp³-hybridized carbons (Fsp3) is 0.286. The normalized spacial score (nSPS) is 28.4. The summed E-state index contributed by atoms with van der Waals surface area (Å²) in [7, 11) is 0. The van der Waals surface area contributed by atoms with E-state index in [2.05, 4.69) is 10.2 Å². The van der Waals surface area contributed by atoms with E-state index in [1.54, 1.807) is 0 Å². The smallest absolute Gasteiger partial charge is 0.116 e. The lowest BCUT2D eigenvalue weighted by Crippen LogP contribution is -2.42. The average Bonchev–Trinajstić information content (AvgIpc) is 2.34. The van der Waals surface area contributed by atoms with Gasteiger partial charge in [-0.3, -0.25) is 0 Å². The first-order valence-electron chi connectivity index (χ1n) is 5.71. The Hall–Kier alpha value is -1.74. The molecule has 3 nitrogen and oxygen atoms in total. The molecule has 17 heavy (non-hydrogen) atoms. The van der Waals surface area contributed by atoms with Gasteiger partial charge in [0.05, 0.1) is 11.7 Å². The number of azo groups is 1. The first-order chi connectivity index (χ1) is 8.10. The van der Waals surface area contributed by atoms with Crippen molar-refractivity contribution in [1.82, 2.24) is 0 Å². The zero-order valence-corrected chi connectivity index (χ0v) is 10.2. The van der Waals surface area contributed by atoms with Crippen LogP contribution in [-0.4, -0.2) is 11.6 Å². The Morgan fingerprint density at radius 2 is 1.94 bits per heavy atom. The van der Waals surface area contributed by atoms with Gasteiger partial charge in [0.1, 0.15) is 5.54 Å². The van der Waals surface area contributed by atoms with Gasteiger partial charge in [-0.05, 0) is 26.0 Å². The van der Waals surface area contributed by atoms with Gasteiger partial charge in [0, 0.05) is 0 Å². The Morgan fingerprint density at radius 1 is 1.24 bits per heavy atom. The predicted octanol–water partition coefficient (Wildman–Crippen LogP) is 3.37. The molecule has 0 aromatic heterocycles. The maximum absolute atomic E-state index is 6.09. The van der Waals surface area contributed by atoms with Gasteiger partial charge in [-0.25, -0.2) is 0 Å². The number of nitrogens with zero attached hydrogens (tertiary/aromatic N) is 2. The molecule has 2 N–H and O–H groups in total. The largest absolute Gasteiger partial charge is 0.322 e. The van der Waals surface area contributed by atoms with E-state index in [9.17, 15) is 0 Å². The third-order valence-corrected chi connectivity index (χ3v) is 2.94. The molecule has 2 atom stereocenters. The predicted molar refractivity (Wildman–Crippen MR) is 70.2 cm³/mol. The molecular formula is C14H17N3. The monoisotopic (exact) mass is 227 g/mol. The molecular weight excluding hydrogens is 210 g/mol. The van der Waals surface area contributed by atoms with Crippen LogP contribution in [0.3, 0.4) is 0 Å². The number of hydrogen-bond donors (Lipinski definition) is 1. The van der Waals surface area contributed by atoms with Crippen LogP contribution >= 0.6 is 0 Å². The van der Waals surface area contributed by atoms with Crippen molar-refractivity contribution in [2.75, 3.05) is 0 Å². The van der Waals surface area contributed by atoms with Gasteiger partial charge >= 0.3 is 0 Å². The molecule has 0 aliphatic heterocycles. The average molecular weight is 227 g/mol. The maximum Gasteiger partial charge on any atom is 0.116 e. The Labute approximate surface area is 102 Å². The Kier molecular flexibility index (Phi) is 3.20. The second-order valence-electron chi connectivity index (χ2n) is 4.53. The number of benzene rings is 1. The van der Waals surface area contributed by atoms with Gasteiger partial charge < -0.3 is 5.73 Å². The number of rotatable bonds is 2. The molecule has 0 saturated heterocycles. The second-order valence-corrected chi connectivity index (χ2v) is 4.53. The van der Waals surface area contributed by atoms with Crippen LogP contribution in [0.1, 0.15) is 13.8 Å². The minimum atomic E-state index is -0.449. The molecule has 2 rings (SSSR count). The van der Waals surface area contributed by atoms with Crippen molar-refractivity contribution < 1.29 is 0 Å². The highest BCUT2D eigenvalue weighted by Crippen LogP contribution is 2.25. The maximum atomic E-state index is 6.09. The molecule has 0 saturated carbocycles. The zero-order valence-electron chi connectivity index (χ0n) is 10.2. The van der Waals surface area contributed by atoms with E-state index >= 15 is 0 Å². The summed E-state index contributed by atoms with van der Waals surface area (Å²) in [6.45, 7) is 4.02. The van der Waals surface area contributed by atoms with E-state index in [1.165, 1.54) is 5.57 Å². The zero-order chi connectivity index (χ0) is 12.3. The minimum Gasteiger partial charge on any atom is -0.322 e. The molecule has 1 aromatic carbocycles. The lowest BCUT2D eigenvalue weighted by atomic mass is 9.87. The van der Waals surface area contributed by atoms with E-state index in [0.29, 0.717) is 0 Å². The highest BCUT2D eigenvalue weighted by atomic mass is 15.2. The van der Waals surface area contributed by atoms with Crippen LogP contribution in [0.25, 0.3) is 0 Å². The number of allylic oxidation sites excluding steroid dienone is 2. The molecule has 0 fully saturated rings. The third kappa shape index (κ3) is 2.68. The molecule has 0 heterocycles. The van der Waals surface area contributed by atoms with E-state index < -0.39 is 5.54 Å². The van der Waals surface area contributed by atoms with Gasteiger partial charge in [0.15, 0.2) is 0 Å². The SMILES string of the molecule is CC1=CC(N)C(C)(N=Nc2ccccc2)C=C1. The van der Waals surface area contributed by atoms with Crippen LogP contribution in [0.2, 0.25) is 0 Å². The summed E-state index contributed by atoms with van der Waals surface area (Å²) in [5.41, 5.74) is 7.66. The number of nitrogens with two attached hydrogens (primary N) is 1. The van der Waals surface area contributed by atoms with Crippen molar-refractivity contribution in [3.05, 3.63) is 54.1 Å². The summed E-state index contributed by atoms with van der Waals surface area (Å²) < 4.78 is 0. The second kappa shape index (κ2) is 4.63. The number of hydrogen-bond acceptors (Lipinski definition) is 3. The Morgan fingerprint density at radius 3 is 2.59 bits per heavy atom. The molecule has 3 heteroatoms. The van der Waals surface area contributed by atoms with E-state index in [0.717, 1.165) is 5.69 Å². The standard InChI is InChI=1S/C14H17N3/c1-11-8-9-14(2,13(15)10-11)17-16-12-6-4-3-5-7-12/h3-10,13H,15H2,1-2H3. The van der Waals surface area contributed by atoms with Gasteiger partial charge in [0.2, 0.25) is 0 Å². The first-order valence-corrected chi connectivity index (χ1v) is 5.71. The van der Waals surface area contributed by atoms with E-state index in [4.69, 9.17) is 5.73 Å².